The molecule has 1 aromatic carbocycles. The third kappa shape index (κ3) is 3.14. The summed E-state index contributed by atoms with van der Waals surface area (Å²) in [5, 5.41) is 4.14. The number of anilines is 1. The number of carbonyl (C=O) groups excluding carboxylic acids is 1. The highest BCUT2D eigenvalue weighted by Crippen LogP contribution is 2.32. The quantitative estimate of drug-likeness (QED) is 0.527. The number of amides is 1. The van der Waals surface area contributed by atoms with Crippen molar-refractivity contribution in [2.24, 2.45) is 7.05 Å². The van der Waals surface area contributed by atoms with Crippen LogP contribution in [0.4, 0.5) is 10.6 Å². The number of hydrogen-bond donors (Lipinski definition) is 2. The molecule has 30 heavy (non-hydrogen) atoms. The largest absolute Gasteiger partial charge is 0.445 e. The second-order valence-electron chi connectivity index (χ2n) is 7.81. The molecule has 0 radical (unpaired) electrons. The first-order chi connectivity index (χ1) is 14.5. The van der Waals surface area contributed by atoms with Gasteiger partial charge in [-0.05, 0) is 36.1 Å². The molecule has 1 amide bonds. The second-order valence-corrected chi connectivity index (χ2v) is 7.81. The van der Waals surface area contributed by atoms with E-state index in [2.05, 4.69) is 26.3 Å². The van der Waals surface area contributed by atoms with Crippen molar-refractivity contribution in [1.29, 1.82) is 0 Å². The van der Waals surface area contributed by atoms with E-state index in [0.29, 0.717) is 6.04 Å². The van der Waals surface area contributed by atoms with Crippen molar-refractivity contribution in [3.05, 3.63) is 42.2 Å². The number of H-pyrrole nitrogens is 1. The summed E-state index contributed by atoms with van der Waals surface area (Å²) in [6, 6.07) is 10.4. The van der Waals surface area contributed by atoms with Gasteiger partial charge in [0.15, 0.2) is 5.82 Å². The fraction of sp³-hybridized carbons (Fsp3) is 0.318. The van der Waals surface area contributed by atoms with Crippen molar-refractivity contribution in [2.45, 2.75) is 25.5 Å². The van der Waals surface area contributed by atoms with Gasteiger partial charge < -0.3 is 24.5 Å². The van der Waals surface area contributed by atoms with Gasteiger partial charge in [0, 0.05) is 38.3 Å². The van der Waals surface area contributed by atoms with Crippen molar-refractivity contribution >= 4 is 34.0 Å². The van der Waals surface area contributed by atoms with Gasteiger partial charge in [0.05, 0.1) is 11.8 Å². The number of ether oxygens (including phenoxy) is 1. The van der Waals surface area contributed by atoms with Gasteiger partial charge in [-0.15, -0.1) is 0 Å². The lowest BCUT2D eigenvalue weighted by molar-refractivity contribution is 0.103. The lowest BCUT2D eigenvalue weighted by atomic mass is 10.1. The molecule has 1 aliphatic rings. The molecule has 1 fully saturated rings. The Balaban J connectivity index is 1.45. The van der Waals surface area contributed by atoms with E-state index in [1.54, 1.807) is 18.3 Å². The SMILES string of the molecule is CNc1nc2[nH]c(-c3cccc(COC(=O)N(C)C4CC4)c3)cc2c2c1ncn2C. The van der Waals surface area contributed by atoms with Crippen molar-refractivity contribution < 1.29 is 9.53 Å². The summed E-state index contributed by atoms with van der Waals surface area (Å²) in [6.45, 7) is 0.248. The standard InChI is InChI=1S/C22H24N6O2/c1-23-21-18-19(27(2)12-24-18)16-10-17(25-20(16)26-21)14-6-4-5-13(9-14)11-30-22(29)28(3)15-7-8-15/h4-6,9-10,12,15H,7-8,11H2,1-3H3,(H2,23,25,26). The molecular formula is C22H24N6O2. The van der Waals surface area contributed by atoms with Gasteiger partial charge in [-0.25, -0.2) is 14.8 Å². The monoisotopic (exact) mass is 404 g/mol. The Kier molecular flexibility index (Phi) is 4.34. The van der Waals surface area contributed by atoms with Gasteiger partial charge in [0.1, 0.15) is 17.8 Å². The maximum atomic E-state index is 12.1. The van der Waals surface area contributed by atoms with Crippen LogP contribution >= 0.6 is 0 Å². The normalized spacial score (nSPS) is 13.7. The van der Waals surface area contributed by atoms with E-state index >= 15 is 0 Å². The van der Waals surface area contributed by atoms with E-state index in [9.17, 15) is 4.79 Å². The predicted molar refractivity (Wildman–Crippen MR) is 116 cm³/mol. The van der Waals surface area contributed by atoms with Crippen LogP contribution in [0.3, 0.4) is 0 Å². The molecule has 154 valence electrons. The molecule has 8 nitrogen and oxygen atoms in total. The molecular weight excluding hydrogens is 380 g/mol. The highest BCUT2D eigenvalue weighted by molar-refractivity contribution is 6.07. The zero-order chi connectivity index (χ0) is 20.8. The number of benzene rings is 1. The Morgan fingerprint density at radius 2 is 2.20 bits per heavy atom. The van der Waals surface area contributed by atoms with Gasteiger partial charge in [-0.3, -0.25) is 0 Å². The van der Waals surface area contributed by atoms with Gasteiger partial charge in [-0.1, -0.05) is 18.2 Å². The molecule has 3 heterocycles. The summed E-state index contributed by atoms with van der Waals surface area (Å²) in [6.07, 6.45) is 3.66. The van der Waals surface area contributed by atoms with Crippen molar-refractivity contribution in [3.8, 4) is 11.3 Å². The zero-order valence-corrected chi connectivity index (χ0v) is 17.3. The third-order valence-electron chi connectivity index (χ3n) is 5.66. The smallest absolute Gasteiger partial charge is 0.410 e. The van der Waals surface area contributed by atoms with Crippen molar-refractivity contribution in [1.82, 2.24) is 24.4 Å². The highest BCUT2D eigenvalue weighted by atomic mass is 16.6. The van der Waals surface area contributed by atoms with Crippen LogP contribution in [-0.2, 0) is 18.4 Å². The summed E-state index contributed by atoms with van der Waals surface area (Å²) in [5.74, 6) is 0.743. The second kappa shape index (κ2) is 7.05. The van der Waals surface area contributed by atoms with Crippen LogP contribution in [0.15, 0.2) is 36.7 Å². The molecule has 0 atom stereocenters. The number of imidazole rings is 1. The molecule has 1 saturated carbocycles. The predicted octanol–water partition coefficient (Wildman–Crippen LogP) is 3.89. The van der Waals surface area contributed by atoms with Gasteiger partial charge >= 0.3 is 6.09 Å². The van der Waals surface area contributed by atoms with Crippen LogP contribution in [0.1, 0.15) is 18.4 Å². The molecule has 2 N–H and O–H groups in total. The molecule has 5 rings (SSSR count). The molecule has 0 saturated heterocycles. The van der Waals surface area contributed by atoms with Crippen LogP contribution in [0.2, 0.25) is 0 Å². The third-order valence-corrected chi connectivity index (χ3v) is 5.66. The van der Waals surface area contributed by atoms with Crippen LogP contribution in [0, 0.1) is 0 Å². The van der Waals surface area contributed by atoms with E-state index in [4.69, 9.17) is 4.74 Å². The molecule has 1 aliphatic carbocycles. The first-order valence-electron chi connectivity index (χ1n) is 10.1. The number of pyridine rings is 1. The van der Waals surface area contributed by atoms with Crippen molar-refractivity contribution in [2.75, 3.05) is 19.4 Å². The van der Waals surface area contributed by atoms with E-state index in [-0.39, 0.29) is 12.7 Å². The van der Waals surface area contributed by atoms with Crippen LogP contribution in [-0.4, -0.2) is 50.6 Å². The number of nitrogens with zero attached hydrogens (tertiary/aromatic N) is 4. The van der Waals surface area contributed by atoms with Gasteiger partial charge in [0.2, 0.25) is 0 Å². The zero-order valence-electron chi connectivity index (χ0n) is 17.3. The maximum absolute atomic E-state index is 12.1. The lowest BCUT2D eigenvalue weighted by Crippen LogP contribution is -2.29. The molecule has 4 aromatic rings. The minimum atomic E-state index is -0.268. The van der Waals surface area contributed by atoms with Gasteiger partial charge in [-0.2, -0.15) is 0 Å². The molecule has 0 spiro atoms. The Morgan fingerprint density at radius 3 is 2.97 bits per heavy atom. The van der Waals surface area contributed by atoms with Crippen molar-refractivity contribution in [3.63, 3.8) is 0 Å². The Labute approximate surface area is 173 Å². The summed E-state index contributed by atoms with van der Waals surface area (Å²) in [4.78, 5) is 26.4. The fourth-order valence-corrected chi connectivity index (χ4v) is 3.81. The average Bonchev–Trinajstić information content (AvgIpc) is 3.41. The first kappa shape index (κ1) is 18.5. The Bertz CT molecular complexity index is 1250. The summed E-state index contributed by atoms with van der Waals surface area (Å²) < 4.78 is 7.48. The maximum Gasteiger partial charge on any atom is 0.410 e. The lowest BCUT2D eigenvalue weighted by Gasteiger charge is -2.16. The molecule has 8 heteroatoms. The van der Waals surface area contributed by atoms with E-state index in [1.165, 1.54) is 0 Å². The highest BCUT2D eigenvalue weighted by Gasteiger charge is 2.30. The molecule has 0 aliphatic heterocycles. The molecule has 0 bridgehead atoms. The van der Waals surface area contributed by atoms with E-state index < -0.39 is 0 Å². The van der Waals surface area contributed by atoms with E-state index in [0.717, 1.165) is 57.5 Å². The Morgan fingerprint density at radius 1 is 1.37 bits per heavy atom. The summed E-state index contributed by atoms with van der Waals surface area (Å²) in [5.41, 5.74) is 5.58. The van der Waals surface area contributed by atoms with E-state index in [1.807, 2.05) is 42.9 Å². The number of carbonyl (C=O) groups is 1. The number of rotatable bonds is 5. The molecule has 0 unspecified atom stereocenters. The minimum Gasteiger partial charge on any atom is -0.445 e. The number of fused-ring (bicyclic) bond motifs is 3. The van der Waals surface area contributed by atoms with Crippen LogP contribution in [0.25, 0.3) is 33.3 Å². The van der Waals surface area contributed by atoms with Crippen LogP contribution in [0.5, 0.6) is 0 Å². The summed E-state index contributed by atoms with van der Waals surface area (Å²) >= 11 is 0. The summed E-state index contributed by atoms with van der Waals surface area (Å²) in [7, 11) is 5.62. The fourth-order valence-electron chi connectivity index (χ4n) is 3.81. The van der Waals surface area contributed by atoms with Crippen LogP contribution < -0.4 is 5.32 Å². The Hall–Kier alpha value is -3.55. The average molecular weight is 404 g/mol. The number of aromatic amines is 1. The first-order valence-corrected chi connectivity index (χ1v) is 10.1. The van der Waals surface area contributed by atoms with Gasteiger partial charge in [0.25, 0.3) is 0 Å². The number of aromatic nitrogens is 4. The number of hydrogen-bond acceptors (Lipinski definition) is 5. The number of nitrogens with one attached hydrogen (secondary N) is 2. The molecule has 3 aromatic heterocycles. The number of aryl methyl sites for hydroxylation is 1. The minimum absolute atomic E-state index is 0.248. The topological polar surface area (TPSA) is 88.1 Å².